The molecule has 0 aromatic heterocycles. The van der Waals surface area contributed by atoms with Gasteiger partial charge >= 0.3 is 0 Å². The van der Waals surface area contributed by atoms with E-state index in [2.05, 4.69) is 10.6 Å². The zero-order valence-electron chi connectivity index (χ0n) is 15.8. The zero-order chi connectivity index (χ0) is 19.1. The summed E-state index contributed by atoms with van der Waals surface area (Å²) in [6.07, 6.45) is 4.19. The Morgan fingerprint density at radius 3 is 1.50 bits per heavy atom. The molecule has 2 rings (SSSR count). The van der Waals surface area contributed by atoms with Crippen molar-refractivity contribution in [1.29, 1.82) is 0 Å². The molecule has 0 spiro atoms. The molecule has 0 fully saturated rings. The second-order valence-corrected chi connectivity index (χ2v) is 6.24. The fourth-order valence-corrected chi connectivity index (χ4v) is 2.89. The Labute approximate surface area is 155 Å². The molecule has 136 valence electrons. The van der Waals surface area contributed by atoms with E-state index in [0.717, 1.165) is 46.5 Å². The van der Waals surface area contributed by atoms with Gasteiger partial charge in [-0.25, -0.2) is 0 Å². The number of carbonyl (C=O) groups excluding carboxylic acids is 2. The van der Waals surface area contributed by atoms with Crippen molar-refractivity contribution in [1.82, 2.24) is 0 Å². The standard InChI is InChI=1S/C22H26N2O2/c1-5-17-11-7-9-15(3)21(17)23-19(25)13-14-20(26)24-22-16(4)10-8-12-18(22)6-2/h7-14H,5-6H2,1-4H3,(H,23,25)(H,24,26). The van der Waals surface area contributed by atoms with Crippen LogP contribution in [0, 0.1) is 13.8 Å². The molecule has 4 heteroatoms. The van der Waals surface area contributed by atoms with Crippen LogP contribution in [0.4, 0.5) is 11.4 Å². The number of benzene rings is 2. The molecule has 0 aliphatic heterocycles. The molecule has 0 atom stereocenters. The van der Waals surface area contributed by atoms with E-state index < -0.39 is 0 Å². The quantitative estimate of drug-likeness (QED) is 0.750. The Kier molecular flexibility index (Phi) is 6.73. The number of anilines is 2. The van der Waals surface area contributed by atoms with Crippen molar-refractivity contribution in [2.24, 2.45) is 0 Å². The first-order valence-corrected chi connectivity index (χ1v) is 8.93. The highest BCUT2D eigenvalue weighted by Gasteiger charge is 2.09. The van der Waals surface area contributed by atoms with Crippen molar-refractivity contribution in [3.05, 3.63) is 70.8 Å². The maximum absolute atomic E-state index is 12.2. The maximum atomic E-state index is 12.2. The molecule has 26 heavy (non-hydrogen) atoms. The summed E-state index contributed by atoms with van der Waals surface area (Å²) in [5.41, 5.74) is 5.79. The van der Waals surface area contributed by atoms with E-state index in [1.165, 1.54) is 12.2 Å². The fraction of sp³-hybridized carbons (Fsp3) is 0.273. The number of nitrogens with one attached hydrogen (secondary N) is 2. The number of amides is 2. The minimum Gasteiger partial charge on any atom is -0.322 e. The smallest absolute Gasteiger partial charge is 0.248 e. The minimum atomic E-state index is -0.315. The molecular weight excluding hydrogens is 324 g/mol. The average molecular weight is 350 g/mol. The Morgan fingerprint density at radius 2 is 1.15 bits per heavy atom. The summed E-state index contributed by atoms with van der Waals surface area (Å²) in [6, 6.07) is 11.8. The van der Waals surface area contributed by atoms with Crippen LogP contribution in [0.3, 0.4) is 0 Å². The van der Waals surface area contributed by atoms with Crippen LogP contribution in [0.15, 0.2) is 48.6 Å². The first kappa shape index (κ1) is 19.4. The van der Waals surface area contributed by atoms with E-state index in [-0.39, 0.29) is 11.8 Å². The lowest BCUT2D eigenvalue weighted by atomic mass is 10.1. The number of aryl methyl sites for hydroxylation is 4. The predicted octanol–water partition coefficient (Wildman–Crippen LogP) is 4.56. The lowest BCUT2D eigenvalue weighted by molar-refractivity contribution is -0.114. The Hall–Kier alpha value is -2.88. The zero-order valence-corrected chi connectivity index (χ0v) is 15.8. The SMILES string of the molecule is CCc1cccc(C)c1NC(=O)C=CC(=O)Nc1c(C)cccc1CC. The van der Waals surface area contributed by atoms with Crippen LogP contribution in [-0.2, 0) is 22.4 Å². The van der Waals surface area contributed by atoms with Gasteiger partial charge in [0.05, 0.1) is 0 Å². The van der Waals surface area contributed by atoms with Gasteiger partial charge in [-0.05, 0) is 48.9 Å². The van der Waals surface area contributed by atoms with E-state index in [1.807, 2.05) is 64.1 Å². The van der Waals surface area contributed by atoms with Crippen molar-refractivity contribution in [3.8, 4) is 0 Å². The van der Waals surface area contributed by atoms with E-state index in [0.29, 0.717) is 0 Å². The van der Waals surface area contributed by atoms with Gasteiger partial charge in [-0.15, -0.1) is 0 Å². The van der Waals surface area contributed by atoms with Crippen LogP contribution in [0.2, 0.25) is 0 Å². The van der Waals surface area contributed by atoms with E-state index in [1.54, 1.807) is 0 Å². The summed E-state index contributed by atoms with van der Waals surface area (Å²) < 4.78 is 0. The van der Waals surface area contributed by atoms with Crippen molar-refractivity contribution in [2.75, 3.05) is 10.6 Å². The van der Waals surface area contributed by atoms with Crippen molar-refractivity contribution >= 4 is 23.2 Å². The summed E-state index contributed by atoms with van der Waals surface area (Å²) in [4.78, 5) is 24.4. The molecule has 0 radical (unpaired) electrons. The lowest BCUT2D eigenvalue weighted by Gasteiger charge is -2.12. The predicted molar refractivity (Wildman–Crippen MR) is 108 cm³/mol. The first-order valence-electron chi connectivity index (χ1n) is 8.93. The number of rotatable bonds is 6. The Bertz CT molecular complexity index is 769. The summed E-state index contributed by atoms with van der Waals surface area (Å²) in [6.45, 7) is 7.99. The van der Waals surface area contributed by atoms with E-state index in [4.69, 9.17) is 0 Å². The van der Waals surface area contributed by atoms with Crippen molar-refractivity contribution < 1.29 is 9.59 Å². The molecule has 0 aliphatic rings. The summed E-state index contributed by atoms with van der Waals surface area (Å²) >= 11 is 0. The van der Waals surface area contributed by atoms with Gasteiger partial charge in [-0.3, -0.25) is 9.59 Å². The highest BCUT2D eigenvalue weighted by atomic mass is 16.2. The van der Waals surface area contributed by atoms with Gasteiger partial charge in [0, 0.05) is 23.5 Å². The molecule has 2 aromatic rings. The third-order valence-electron chi connectivity index (χ3n) is 4.36. The van der Waals surface area contributed by atoms with Gasteiger partial charge in [0.2, 0.25) is 11.8 Å². The topological polar surface area (TPSA) is 58.2 Å². The normalized spacial score (nSPS) is 10.8. The molecule has 4 nitrogen and oxygen atoms in total. The molecule has 0 saturated carbocycles. The van der Waals surface area contributed by atoms with Gasteiger partial charge in [-0.2, -0.15) is 0 Å². The third kappa shape index (κ3) is 4.82. The molecule has 2 N–H and O–H groups in total. The molecule has 0 heterocycles. The van der Waals surface area contributed by atoms with Crippen LogP contribution in [0.5, 0.6) is 0 Å². The Morgan fingerprint density at radius 1 is 0.769 bits per heavy atom. The number of hydrogen-bond donors (Lipinski definition) is 2. The fourth-order valence-electron chi connectivity index (χ4n) is 2.89. The van der Waals surface area contributed by atoms with Crippen LogP contribution >= 0.6 is 0 Å². The maximum Gasteiger partial charge on any atom is 0.248 e. The number of carbonyl (C=O) groups is 2. The van der Waals surface area contributed by atoms with Gasteiger partial charge in [-0.1, -0.05) is 50.2 Å². The second-order valence-electron chi connectivity index (χ2n) is 6.24. The second kappa shape index (κ2) is 8.99. The molecule has 0 saturated heterocycles. The molecule has 0 bridgehead atoms. The lowest BCUT2D eigenvalue weighted by Crippen LogP contribution is -2.14. The summed E-state index contributed by atoms with van der Waals surface area (Å²) in [7, 11) is 0. The van der Waals surface area contributed by atoms with Gasteiger partial charge in [0.25, 0.3) is 0 Å². The highest BCUT2D eigenvalue weighted by Crippen LogP contribution is 2.22. The Balaban J connectivity index is 2.06. The average Bonchev–Trinajstić information content (AvgIpc) is 2.63. The monoisotopic (exact) mass is 350 g/mol. The van der Waals surface area contributed by atoms with Crippen LogP contribution in [-0.4, -0.2) is 11.8 Å². The summed E-state index contributed by atoms with van der Waals surface area (Å²) in [5, 5.41) is 5.75. The molecule has 2 amide bonds. The van der Waals surface area contributed by atoms with Gasteiger partial charge < -0.3 is 10.6 Å². The third-order valence-corrected chi connectivity index (χ3v) is 4.36. The van der Waals surface area contributed by atoms with Crippen LogP contribution in [0.1, 0.15) is 36.1 Å². The van der Waals surface area contributed by atoms with E-state index in [9.17, 15) is 9.59 Å². The van der Waals surface area contributed by atoms with Crippen LogP contribution in [0.25, 0.3) is 0 Å². The molecule has 0 aliphatic carbocycles. The number of hydrogen-bond acceptors (Lipinski definition) is 2. The van der Waals surface area contributed by atoms with Crippen molar-refractivity contribution in [2.45, 2.75) is 40.5 Å². The summed E-state index contributed by atoms with van der Waals surface area (Å²) in [5.74, 6) is -0.630. The van der Waals surface area contributed by atoms with E-state index >= 15 is 0 Å². The molecule has 0 unspecified atom stereocenters. The number of para-hydroxylation sites is 2. The molecule has 2 aromatic carbocycles. The van der Waals surface area contributed by atoms with Gasteiger partial charge in [0.1, 0.15) is 0 Å². The highest BCUT2D eigenvalue weighted by molar-refractivity contribution is 6.07. The minimum absolute atomic E-state index is 0.315. The van der Waals surface area contributed by atoms with Crippen molar-refractivity contribution in [3.63, 3.8) is 0 Å². The van der Waals surface area contributed by atoms with Gasteiger partial charge in [0.15, 0.2) is 0 Å². The van der Waals surface area contributed by atoms with Crippen LogP contribution < -0.4 is 10.6 Å². The first-order chi connectivity index (χ1) is 12.5. The molecular formula is C22H26N2O2. The largest absolute Gasteiger partial charge is 0.322 e.